The van der Waals surface area contributed by atoms with Crippen LogP contribution in [0.3, 0.4) is 0 Å². The summed E-state index contributed by atoms with van der Waals surface area (Å²) in [6.45, 7) is 5.59. The molecule has 2 atom stereocenters. The highest BCUT2D eigenvalue weighted by Gasteiger charge is 2.27. The summed E-state index contributed by atoms with van der Waals surface area (Å²) in [5.74, 6) is 0.717. The maximum atomic E-state index is 8.82. The molecule has 0 amide bonds. The number of rotatable bonds is 1. The molecule has 0 aliphatic carbocycles. The SMILES string of the molecule is CC1CCN(c2ccc(C#N)c(Cl)c2)C1C. The zero-order chi connectivity index (χ0) is 11.7. The Labute approximate surface area is 101 Å². The first kappa shape index (κ1) is 11.3. The van der Waals surface area contributed by atoms with Crippen molar-refractivity contribution in [2.24, 2.45) is 5.92 Å². The molecule has 2 unspecified atom stereocenters. The Morgan fingerprint density at radius 1 is 1.44 bits per heavy atom. The van der Waals surface area contributed by atoms with Gasteiger partial charge < -0.3 is 4.90 Å². The lowest BCUT2D eigenvalue weighted by molar-refractivity contribution is 0.546. The molecule has 0 N–H and O–H groups in total. The highest BCUT2D eigenvalue weighted by Crippen LogP contribution is 2.31. The van der Waals surface area contributed by atoms with Crippen LogP contribution in [-0.2, 0) is 0 Å². The summed E-state index contributed by atoms with van der Waals surface area (Å²) in [5.41, 5.74) is 1.67. The van der Waals surface area contributed by atoms with Gasteiger partial charge in [-0.3, -0.25) is 0 Å². The molecule has 16 heavy (non-hydrogen) atoms. The Balaban J connectivity index is 2.29. The first-order chi connectivity index (χ1) is 7.63. The van der Waals surface area contributed by atoms with Crippen molar-refractivity contribution in [1.82, 2.24) is 0 Å². The van der Waals surface area contributed by atoms with Crippen molar-refractivity contribution >= 4 is 17.3 Å². The van der Waals surface area contributed by atoms with Crippen molar-refractivity contribution in [3.63, 3.8) is 0 Å². The second-order valence-electron chi connectivity index (χ2n) is 4.48. The molecule has 0 aromatic heterocycles. The average Bonchev–Trinajstić information content (AvgIpc) is 2.60. The number of nitrogens with zero attached hydrogens (tertiary/aromatic N) is 2. The standard InChI is InChI=1S/C13H15ClN2/c1-9-5-6-16(10(9)2)12-4-3-11(8-15)13(14)7-12/h3-4,7,9-10H,5-6H2,1-2H3. The maximum Gasteiger partial charge on any atom is 0.101 e. The van der Waals surface area contributed by atoms with Crippen LogP contribution in [0.25, 0.3) is 0 Å². The van der Waals surface area contributed by atoms with E-state index in [2.05, 4.69) is 24.8 Å². The monoisotopic (exact) mass is 234 g/mol. The summed E-state index contributed by atoms with van der Waals surface area (Å²) in [6.07, 6.45) is 1.22. The van der Waals surface area contributed by atoms with Gasteiger partial charge in [-0.15, -0.1) is 0 Å². The van der Waals surface area contributed by atoms with Gasteiger partial charge in [0.1, 0.15) is 6.07 Å². The summed E-state index contributed by atoms with van der Waals surface area (Å²) in [6, 6.07) is 8.31. The Bertz CT molecular complexity index is 436. The van der Waals surface area contributed by atoms with E-state index in [1.54, 1.807) is 6.07 Å². The van der Waals surface area contributed by atoms with Crippen LogP contribution in [0.4, 0.5) is 5.69 Å². The van der Waals surface area contributed by atoms with Crippen LogP contribution in [0.2, 0.25) is 5.02 Å². The predicted molar refractivity (Wildman–Crippen MR) is 66.8 cm³/mol. The van der Waals surface area contributed by atoms with E-state index in [1.165, 1.54) is 6.42 Å². The highest BCUT2D eigenvalue weighted by atomic mass is 35.5. The molecule has 1 aliphatic rings. The predicted octanol–water partition coefficient (Wildman–Crippen LogP) is 3.45. The summed E-state index contributed by atoms with van der Waals surface area (Å²) >= 11 is 6.04. The molecule has 2 rings (SSSR count). The zero-order valence-corrected chi connectivity index (χ0v) is 10.3. The normalized spacial score (nSPS) is 24.5. The van der Waals surface area contributed by atoms with Crippen LogP contribution in [0.1, 0.15) is 25.8 Å². The van der Waals surface area contributed by atoms with Crippen LogP contribution in [0.15, 0.2) is 18.2 Å². The molecule has 1 heterocycles. The molecule has 1 fully saturated rings. The third-order valence-corrected chi connectivity index (χ3v) is 3.86. The van der Waals surface area contributed by atoms with E-state index < -0.39 is 0 Å². The number of benzene rings is 1. The van der Waals surface area contributed by atoms with Crippen LogP contribution >= 0.6 is 11.6 Å². The maximum absolute atomic E-state index is 8.82. The van der Waals surface area contributed by atoms with Gasteiger partial charge in [0.15, 0.2) is 0 Å². The van der Waals surface area contributed by atoms with Gasteiger partial charge in [-0.25, -0.2) is 0 Å². The molecule has 3 heteroatoms. The molecule has 0 spiro atoms. The largest absolute Gasteiger partial charge is 0.369 e. The molecule has 0 radical (unpaired) electrons. The molecule has 2 nitrogen and oxygen atoms in total. The highest BCUT2D eigenvalue weighted by molar-refractivity contribution is 6.32. The van der Waals surface area contributed by atoms with Crippen LogP contribution in [0.5, 0.6) is 0 Å². The minimum atomic E-state index is 0.545. The van der Waals surface area contributed by atoms with Gasteiger partial charge in [-0.05, 0) is 37.5 Å². The fraction of sp³-hybridized carbons (Fsp3) is 0.462. The minimum absolute atomic E-state index is 0.545. The molecule has 1 saturated heterocycles. The summed E-state index contributed by atoms with van der Waals surface area (Å²) in [5, 5.41) is 9.37. The minimum Gasteiger partial charge on any atom is -0.369 e. The van der Waals surface area contributed by atoms with Gasteiger partial charge in [0.05, 0.1) is 10.6 Å². The zero-order valence-electron chi connectivity index (χ0n) is 9.57. The molecule has 84 valence electrons. The molecule has 1 aromatic carbocycles. The van der Waals surface area contributed by atoms with E-state index in [9.17, 15) is 0 Å². The average molecular weight is 235 g/mol. The molecule has 0 saturated carbocycles. The van der Waals surface area contributed by atoms with Crippen molar-refractivity contribution < 1.29 is 0 Å². The van der Waals surface area contributed by atoms with Crippen LogP contribution in [0, 0.1) is 17.2 Å². The third-order valence-electron chi connectivity index (χ3n) is 3.55. The molecular formula is C13H15ClN2. The molecule has 1 aromatic rings. The van der Waals surface area contributed by atoms with Crippen molar-refractivity contribution in [2.75, 3.05) is 11.4 Å². The van der Waals surface area contributed by atoms with Crippen LogP contribution in [-0.4, -0.2) is 12.6 Å². The van der Waals surface area contributed by atoms with Gasteiger partial charge in [0, 0.05) is 18.3 Å². The lowest BCUT2D eigenvalue weighted by Gasteiger charge is -2.25. The van der Waals surface area contributed by atoms with Gasteiger partial charge in [0.2, 0.25) is 0 Å². The van der Waals surface area contributed by atoms with Crippen molar-refractivity contribution in [2.45, 2.75) is 26.3 Å². The molecule has 1 aliphatic heterocycles. The number of hydrogen-bond acceptors (Lipinski definition) is 2. The third kappa shape index (κ3) is 1.88. The molecule has 0 bridgehead atoms. The lowest BCUT2D eigenvalue weighted by Crippen LogP contribution is -2.28. The number of hydrogen-bond donors (Lipinski definition) is 0. The van der Waals surface area contributed by atoms with Gasteiger partial charge in [-0.1, -0.05) is 18.5 Å². The van der Waals surface area contributed by atoms with Gasteiger partial charge in [-0.2, -0.15) is 5.26 Å². The Morgan fingerprint density at radius 3 is 2.69 bits per heavy atom. The Hall–Kier alpha value is -1.20. The summed E-state index contributed by atoms with van der Waals surface area (Å²) in [7, 11) is 0. The van der Waals surface area contributed by atoms with Crippen molar-refractivity contribution in [3.8, 4) is 6.07 Å². The second kappa shape index (κ2) is 4.35. The second-order valence-corrected chi connectivity index (χ2v) is 4.88. The summed E-state index contributed by atoms with van der Waals surface area (Å²) in [4.78, 5) is 2.36. The quantitative estimate of drug-likeness (QED) is 0.744. The molecular weight excluding hydrogens is 220 g/mol. The first-order valence-corrected chi connectivity index (χ1v) is 5.97. The Morgan fingerprint density at radius 2 is 2.19 bits per heavy atom. The van der Waals surface area contributed by atoms with E-state index in [0.29, 0.717) is 16.6 Å². The van der Waals surface area contributed by atoms with Crippen molar-refractivity contribution in [3.05, 3.63) is 28.8 Å². The number of anilines is 1. The topological polar surface area (TPSA) is 27.0 Å². The van der Waals surface area contributed by atoms with E-state index >= 15 is 0 Å². The van der Waals surface area contributed by atoms with Crippen molar-refractivity contribution in [1.29, 1.82) is 5.26 Å². The van der Waals surface area contributed by atoms with Gasteiger partial charge in [0.25, 0.3) is 0 Å². The lowest BCUT2D eigenvalue weighted by atomic mass is 10.1. The van der Waals surface area contributed by atoms with E-state index in [-0.39, 0.29) is 0 Å². The van der Waals surface area contributed by atoms with Crippen LogP contribution < -0.4 is 4.90 Å². The smallest absolute Gasteiger partial charge is 0.101 e. The number of halogens is 1. The fourth-order valence-corrected chi connectivity index (χ4v) is 2.45. The van der Waals surface area contributed by atoms with E-state index in [0.717, 1.165) is 18.2 Å². The number of nitriles is 1. The van der Waals surface area contributed by atoms with E-state index in [4.69, 9.17) is 16.9 Å². The first-order valence-electron chi connectivity index (χ1n) is 5.59. The van der Waals surface area contributed by atoms with E-state index in [1.807, 2.05) is 12.1 Å². The van der Waals surface area contributed by atoms with Gasteiger partial charge >= 0.3 is 0 Å². The summed E-state index contributed by atoms with van der Waals surface area (Å²) < 4.78 is 0. The fourth-order valence-electron chi connectivity index (χ4n) is 2.23. The Kier molecular flexibility index (Phi) is 3.07.